The summed E-state index contributed by atoms with van der Waals surface area (Å²) in [7, 11) is 0. The van der Waals surface area contributed by atoms with Crippen molar-refractivity contribution in [3.8, 4) is 0 Å². The maximum absolute atomic E-state index is 13.9. The summed E-state index contributed by atoms with van der Waals surface area (Å²) in [6, 6.07) is 4.99. The molecule has 0 saturated carbocycles. The molecule has 1 atom stereocenters. The van der Waals surface area contributed by atoms with Crippen LogP contribution in [0.5, 0.6) is 0 Å². The second kappa shape index (κ2) is 6.34. The zero-order valence-electron chi connectivity index (χ0n) is 10.6. The number of hydrogen-bond acceptors (Lipinski definition) is 2. The van der Waals surface area contributed by atoms with E-state index in [2.05, 4.69) is 25.7 Å². The van der Waals surface area contributed by atoms with Crippen LogP contribution in [0.4, 0.5) is 4.39 Å². The number of hydrogen-bond donors (Lipinski definition) is 1. The highest BCUT2D eigenvalue weighted by Crippen LogP contribution is 2.26. The molecule has 1 unspecified atom stereocenters. The van der Waals surface area contributed by atoms with Crippen LogP contribution in [0.15, 0.2) is 18.2 Å². The van der Waals surface area contributed by atoms with Gasteiger partial charge in [0.05, 0.1) is 6.04 Å². The van der Waals surface area contributed by atoms with Crippen LogP contribution in [0.3, 0.4) is 0 Å². The molecular weight excluding hydrogens is 239 g/mol. The lowest BCUT2D eigenvalue weighted by molar-refractivity contribution is 0.163. The maximum atomic E-state index is 13.9. The van der Waals surface area contributed by atoms with Crippen LogP contribution < -0.4 is 5.73 Å². The second-order valence-corrected chi connectivity index (χ2v) is 4.78. The van der Waals surface area contributed by atoms with Gasteiger partial charge in [0.1, 0.15) is 5.82 Å². The van der Waals surface area contributed by atoms with Crippen molar-refractivity contribution in [1.29, 1.82) is 0 Å². The number of nitrogens with two attached hydrogens (primary N) is 1. The summed E-state index contributed by atoms with van der Waals surface area (Å²) in [6.07, 6.45) is 0. The second-order valence-electron chi connectivity index (χ2n) is 4.34. The van der Waals surface area contributed by atoms with Gasteiger partial charge in [-0.25, -0.2) is 4.39 Å². The Morgan fingerprint density at radius 3 is 2.47 bits per heavy atom. The quantitative estimate of drug-likeness (QED) is 0.879. The molecule has 0 aromatic heterocycles. The number of nitrogens with zero attached hydrogens (tertiary/aromatic N) is 1. The van der Waals surface area contributed by atoms with E-state index >= 15 is 0 Å². The van der Waals surface area contributed by atoms with Gasteiger partial charge >= 0.3 is 0 Å². The van der Waals surface area contributed by atoms with Crippen LogP contribution in [-0.4, -0.2) is 24.0 Å². The molecule has 0 aliphatic heterocycles. The fourth-order valence-electron chi connectivity index (χ4n) is 2.16. The van der Waals surface area contributed by atoms with Crippen LogP contribution in [0.1, 0.15) is 32.4 Å². The Bertz CT molecular complexity index is 368. The van der Waals surface area contributed by atoms with E-state index < -0.39 is 0 Å². The van der Waals surface area contributed by atoms with Gasteiger partial charge in [-0.1, -0.05) is 24.6 Å². The highest BCUT2D eigenvalue weighted by atomic mass is 35.5. The first-order valence-corrected chi connectivity index (χ1v) is 6.29. The first-order chi connectivity index (χ1) is 8.01. The topological polar surface area (TPSA) is 29.3 Å². The Balaban J connectivity index is 3.08. The molecule has 0 fully saturated rings. The molecule has 1 aromatic rings. The Morgan fingerprint density at radius 1 is 1.41 bits per heavy atom. The molecule has 1 rings (SSSR count). The maximum Gasteiger partial charge on any atom is 0.129 e. The van der Waals surface area contributed by atoms with Gasteiger partial charge in [-0.2, -0.15) is 0 Å². The normalized spacial score (nSPS) is 13.4. The van der Waals surface area contributed by atoms with E-state index in [0.29, 0.717) is 23.2 Å². The highest BCUT2D eigenvalue weighted by molar-refractivity contribution is 6.30. The van der Waals surface area contributed by atoms with Crippen LogP contribution in [-0.2, 0) is 0 Å². The lowest BCUT2D eigenvalue weighted by Crippen LogP contribution is -2.38. The molecule has 0 spiro atoms. The first kappa shape index (κ1) is 14.4. The smallest absolute Gasteiger partial charge is 0.129 e. The van der Waals surface area contributed by atoms with Gasteiger partial charge in [0, 0.05) is 23.2 Å². The summed E-state index contributed by atoms with van der Waals surface area (Å²) in [5.74, 6) is -0.285. The van der Waals surface area contributed by atoms with Crippen molar-refractivity contribution in [1.82, 2.24) is 4.90 Å². The molecule has 2 nitrogen and oxygen atoms in total. The molecule has 4 heteroatoms. The molecule has 0 bridgehead atoms. The summed E-state index contributed by atoms with van der Waals surface area (Å²) in [6.45, 7) is 7.45. The van der Waals surface area contributed by atoms with Crippen molar-refractivity contribution >= 4 is 11.6 Å². The Hall–Kier alpha value is -0.640. The predicted octanol–water partition coefficient (Wildman–Crippen LogP) is 3.21. The van der Waals surface area contributed by atoms with E-state index in [0.717, 1.165) is 6.54 Å². The molecule has 0 aliphatic rings. The lowest BCUT2D eigenvalue weighted by atomic mass is 10.0. The molecule has 2 N–H and O–H groups in total. The van der Waals surface area contributed by atoms with Crippen LogP contribution in [0.25, 0.3) is 0 Å². The fourth-order valence-corrected chi connectivity index (χ4v) is 2.32. The van der Waals surface area contributed by atoms with Crippen molar-refractivity contribution in [2.45, 2.75) is 32.9 Å². The largest absolute Gasteiger partial charge is 0.329 e. The number of halogens is 2. The minimum absolute atomic E-state index is 0.0998. The van der Waals surface area contributed by atoms with Gasteiger partial charge in [-0.15, -0.1) is 0 Å². The molecule has 0 saturated heterocycles. The van der Waals surface area contributed by atoms with E-state index in [1.54, 1.807) is 12.1 Å². The number of rotatable bonds is 5. The average molecular weight is 259 g/mol. The van der Waals surface area contributed by atoms with Crippen LogP contribution in [0.2, 0.25) is 5.02 Å². The molecule has 96 valence electrons. The average Bonchev–Trinajstić information content (AvgIpc) is 2.26. The minimum Gasteiger partial charge on any atom is -0.329 e. The standard InChI is InChI=1S/C13H20ClFN2/c1-4-17(9(2)3)13(8-16)11-6-5-10(14)7-12(11)15/h5-7,9,13H,4,8,16H2,1-3H3. The lowest BCUT2D eigenvalue weighted by Gasteiger charge is -2.33. The Morgan fingerprint density at radius 2 is 2.06 bits per heavy atom. The number of benzene rings is 1. The van der Waals surface area contributed by atoms with E-state index in [4.69, 9.17) is 17.3 Å². The molecule has 17 heavy (non-hydrogen) atoms. The van der Waals surface area contributed by atoms with Gasteiger partial charge in [0.2, 0.25) is 0 Å². The third-order valence-electron chi connectivity index (χ3n) is 2.97. The van der Waals surface area contributed by atoms with E-state index in [1.807, 2.05) is 0 Å². The number of likely N-dealkylation sites (N-methyl/N-ethyl adjacent to an activating group) is 1. The van der Waals surface area contributed by atoms with E-state index in [1.165, 1.54) is 6.07 Å². The molecule has 1 aromatic carbocycles. The van der Waals surface area contributed by atoms with Crippen molar-refractivity contribution in [2.24, 2.45) is 5.73 Å². The van der Waals surface area contributed by atoms with Crippen LogP contribution in [0, 0.1) is 5.82 Å². The summed E-state index contributed by atoms with van der Waals surface area (Å²) in [4.78, 5) is 2.17. The van der Waals surface area contributed by atoms with Gasteiger partial charge < -0.3 is 5.73 Å². The fraction of sp³-hybridized carbons (Fsp3) is 0.538. The zero-order valence-corrected chi connectivity index (χ0v) is 11.3. The third kappa shape index (κ3) is 3.41. The van der Waals surface area contributed by atoms with Crippen molar-refractivity contribution in [3.05, 3.63) is 34.6 Å². The summed E-state index contributed by atoms with van der Waals surface area (Å²) >= 11 is 5.76. The Kier molecular flexibility index (Phi) is 5.37. The summed E-state index contributed by atoms with van der Waals surface area (Å²) < 4.78 is 13.9. The van der Waals surface area contributed by atoms with Gasteiger partial charge in [0.25, 0.3) is 0 Å². The van der Waals surface area contributed by atoms with Crippen LogP contribution >= 0.6 is 11.6 Å². The zero-order chi connectivity index (χ0) is 13.0. The van der Waals surface area contributed by atoms with Gasteiger partial charge in [-0.05, 0) is 32.5 Å². The minimum atomic E-state index is -0.285. The molecule has 0 aliphatic carbocycles. The molecular formula is C13H20ClFN2. The third-order valence-corrected chi connectivity index (χ3v) is 3.21. The summed E-state index contributed by atoms with van der Waals surface area (Å²) in [5.41, 5.74) is 6.40. The summed E-state index contributed by atoms with van der Waals surface area (Å²) in [5, 5.41) is 0.412. The molecule has 0 heterocycles. The van der Waals surface area contributed by atoms with E-state index in [9.17, 15) is 4.39 Å². The van der Waals surface area contributed by atoms with Crippen molar-refractivity contribution < 1.29 is 4.39 Å². The molecule has 0 radical (unpaired) electrons. The van der Waals surface area contributed by atoms with E-state index in [-0.39, 0.29) is 11.9 Å². The van der Waals surface area contributed by atoms with Gasteiger partial charge in [0.15, 0.2) is 0 Å². The van der Waals surface area contributed by atoms with Gasteiger partial charge in [-0.3, -0.25) is 4.90 Å². The monoisotopic (exact) mass is 258 g/mol. The van der Waals surface area contributed by atoms with Crippen molar-refractivity contribution in [3.63, 3.8) is 0 Å². The van der Waals surface area contributed by atoms with Crippen molar-refractivity contribution in [2.75, 3.05) is 13.1 Å². The first-order valence-electron chi connectivity index (χ1n) is 5.92. The highest BCUT2D eigenvalue weighted by Gasteiger charge is 2.22. The molecule has 0 amide bonds. The Labute approximate surface area is 108 Å². The predicted molar refractivity (Wildman–Crippen MR) is 70.7 cm³/mol. The SMILES string of the molecule is CCN(C(C)C)C(CN)c1ccc(Cl)cc1F.